The second-order valence-corrected chi connectivity index (χ2v) is 7.67. The quantitative estimate of drug-likeness (QED) is 0.812. The molecule has 2 atom stereocenters. The molecule has 0 radical (unpaired) electrons. The van der Waals surface area contributed by atoms with Gasteiger partial charge < -0.3 is 10.6 Å². The lowest BCUT2D eigenvalue weighted by molar-refractivity contribution is -0.123. The molecular weight excluding hydrogens is 260 g/mol. The number of rotatable bonds is 4. The molecule has 2 aliphatic rings. The summed E-state index contributed by atoms with van der Waals surface area (Å²) in [4.78, 5) is 12.0. The van der Waals surface area contributed by atoms with Crippen LogP contribution in [0.2, 0.25) is 0 Å². The van der Waals surface area contributed by atoms with Crippen LogP contribution in [0.4, 0.5) is 0 Å². The number of amides is 1. The van der Waals surface area contributed by atoms with Crippen LogP contribution in [-0.4, -0.2) is 40.8 Å². The lowest BCUT2D eigenvalue weighted by atomic mass is 9.85. The van der Waals surface area contributed by atoms with Crippen molar-refractivity contribution in [2.45, 2.75) is 45.1 Å². The van der Waals surface area contributed by atoms with E-state index in [4.69, 9.17) is 0 Å². The Bertz CT molecular complexity index is 319. The number of nitrogens with one attached hydrogen (secondary N) is 2. The lowest BCUT2D eigenvalue weighted by Crippen LogP contribution is -2.41. The molecule has 1 amide bonds. The van der Waals surface area contributed by atoms with Crippen LogP contribution in [0, 0.1) is 11.8 Å². The molecule has 0 spiro atoms. The first kappa shape index (κ1) is 15.0. The average molecular weight is 286 g/mol. The van der Waals surface area contributed by atoms with Crippen LogP contribution in [0.5, 0.6) is 0 Å². The van der Waals surface area contributed by atoms with Gasteiger partial charge in [-0.2, -0.15) is 0 Å². The van der Waals surface area contributed by atoms with Gasteiger partial charge >= 0.3 is 0 Å². The zero-order valence-corrected chi connectivity index (χ0v) is 12.6. The van der Waals surface area contributed by atoms with Gasteiger partial charge in [0.2, 0.25) is 5.91 Å². The Morgan fingerprint density at radius 1 is 1.37 bits per heavy atom. The van der Waals surface area contributed by atoms with Crippen LogP contribution in [-0.2, 0) is 15.6 Å². The molecule has 4 nitrogen and oxygen atoms in total. The first-order chi connectivity index (χ1) is 9.15. The summed E-state index contributed by atoms with van der Waals surface area (Å²) in [5.74, 6) is 2.75. The van der Waals surface area contributed by atoms with Crippen LogP contribution < -0.4 is 10.6 Å². The molecule has 19 heavy (non-hydrogen) atoms. The van der Waals surface area contributed by atoms with Crippen molar-refractivity contribution >= 4 is 16.7 Å². The minimum atomic E-state index is -0.650. The van der Waals surface area contributed by atoms with Gasteiger partial charge in [-0.05, 0) is 50.6 Å². The highest BCUT2D eigenvalue weighted by Crippen LogP contribution is 2.22. The molecule has 2 aliphatic heterocycles. The van der Waals surface area contributed by atoms with Crippen LogP contribution in [0.15, 0.2) is 0 Å². The third kappa shape index (κ3) is 4.88. The zero-order chi connectivity index (χ0) is 13.7. The van der Waals surface area contributed by atoms with Gasteiger partial charge in [0.25, 0.3) is 0 Å². The van der Waals surface area contributed by atoms with Gasteiger partial charge in [0.05, 0.1) is 0 Å². The van der Waals surface area contributed by atoms with Crippen molar-refractivity contribution < 1.29 is 9.00 Å². The van der Waals surface area contributed by atoms with E-state index in [2.05, 4.69) is 17.6 Å². The van der Waals surface area contributed by atoms with Crippen molar-refractivity contribution in [2.75, 3.05) is 24.6 Å². The van der Waals surface area contributed by atoms with E-state index in [1.807, 2.05) is 0 Å². The maximum absolute atomic E-state index is 12.0. The Morgan fingerprint density at radius 2 is 2.11 bits per heavy atom. The zero-order valence-electron chi connectivity index (χ0n) is 11.8. The number of hydrogen-bond donors (Lipinski definition) is 2. The lowest BCUT2D eigenvalue weighted by Gasteiger charge is -2.29. The second-order valence-electron chi connectivity index (χ2n) is 5.98. The van der Waals surface area contributed by atoms with Crippen LogP contribution in [0.1, 0.15) is 39.0 Å². The maximum atomic E-state index is 12.0. The van der Waals surface area contributed by atoms with E-state index >= 15 is 0 Å². The fourth-order valence-corrected chi connectivity index (χ4v) is 4.35. The van der Waals surface area contributed by atoms with Crippen LogP contribution in [0.25, 0.3) is 0 Å². The Kier molecular flexibility index (Phi) is 5.82. The summed E-state index contributed by atoms with van der Waals surface area (Å²) < 4.78 is 11.3. The normalized spacial score (nSPS) is 33.6. The number of piperidine rings is 1. The maximum Gasteiger partial charge on any atom is 0.220 e. The SMILES string of the molecule is CC(CC(=O)NC1CCS(=O)CC1)C1CCCNC1. The first-order valence-electron chi connectivity index (χ1n) is 7.50. The second kappa shape index (κ2) is 7.39. The highest BCUT2D eigenvalue weighted by atomic mass is 32.2. The summed E-state index contributed by atoms with van der Waals surface area (Å²) in [6.45, 7) is 4.36. The predicted molar refractivity (Wildman–Crippen MR) is 78.4 cm³/mol. The molecule has 2 heterocycles. The van der Waals surface area contributed by atoms with Crippen molar-refractivity contribution in [2.24, 2.45) is 11.8 Å². The Balaban J connectivity index is 1.69. The largest absolute Gasteiger partial charge is 0.353 e. The van der Waals surface area contributed by atoms with Crippen LogP contribution >= 0.6 is 0 Å². The predicted octanol–water partition coefficient (Wildman–Crippen LogP) is 1.04. The van der Waals surface area contributed by atoms with E-state index in [-0.39, 0.29) is 11.9 Å². The molecule has 0 bridgehead atoms. The average Bonchev–Trinajstić information content (AvgIpc) is 2.42. The Hall–Kier alpha value is -0.420. The van der Waals surface area contributed by atoms with Gasteiger partial charge in [0.1, 0.15) is 0 Å². The highest BCUT2D eigenvalue weighted by Gasteiger charge is 2.24. The van der Waals surface area contributed by atoms with Crippen molar-refractivity contribution in [3.05, 3.63) is 0 Å². The molecule has 110 valence electrons. The molecule has 0 saturated carbocycles. The molecule has 2 saturated heterocycles. The highest BCUT2D eigenvalue weighted by molar-refractivity contribution is 7.85. The number of hydrogen-bond acceptors (Lipinski definition) is 3. The third-order valence-corrected chi connectivity index (χ3v) is 5.78. The standard InChI is InChI=1S/C14H26N2O2S/c1-11(12-3-2-6-15-10-12)9-14(17)16-13-4-7-19(18)8-5-13/h11-13,15H,2-10H2,1H3,(H,16,17). The van der Waals surface area contributed by atoms with E-state index in [1.54, 1.807) is 0 Å². The molecule has 2 fully saturated rings. The van der Waals surface area contributed by atoms with E-state index in [0.29, 0.717) is 18.3 Å². The summed E-state index contributed by atoms with van der Waals surface area (Å²) in [6, 6.07) is 0.252. The smallest absolute Gasteiger partial charge is 0.220 e. The van der Waals surface area contributed by atoms with E-state index in [0.717, 1.165) is 37.4 Å². The molecule has 0 aromatic heterocycles. The Morgan fingerprint density at radius 3 is 2.74 bits per heavy atom. The van der Waals surface area contributed by atoms with E-state index in [9.17, 15) is 9.00 Å². The third-order valence-electron chi connectivity index (χ3n) is 4.40. The molecule has 2 rings (SSSR count). The van der Waals surface area contributed by atoms with Gasteiger partial charge in [0, 0.05) is 34.8 Å². The Labute approximate surface area is 118 Å². The van der Waals surface area contributed by atoms with E-state index in [1.165, 1.54) is 12.8 Å². The van der Waals surface area contributed by atoms with Crippen molar-refractivity contribution in [3.8, 4) is 0 Å². The van der Waals surface area contributed by atoms with E-state index < -0.39 is 10.8 Å². The topological polar surface area (TPSA) is 58.2 Å². The summed E-state index contributed by atoms with van der Waals surface area (Å²) >= 11 is 0. The molecular formula is C14H26N2O2S. The molecule has 0 aromatic rings. The monoisotopic (exact) mass is 286 g/mol. The first-order valence-corrected chi connectivity index (χ1v) is 8.99. The van der Waals surface area contributed by atoms with Gasteiger partial charge in [-0.15, -0.1) is 0 Å². The summed E-state index contributed by atoms with van der Waals surface area (Å²) in [6.07, 6.45) is 4.84. The van der Waals surface area contributed by atoms with Crippen molar-refractivity contribution in [1.82, 2.24) is 10.6 Å². The molecule has 5 heteroatoms. The van der Waals surface area contributed by atoms with Crippen molar-refractivity contribution in [1.29, 1.82) is 0 Å². The van der Waals surface area contributed by atoms with Gasteiger partial charge in [-0.25, -0.2) is 0 Å². The minimum absolute atomic E-state index is 0.177. The number of carbonyl (C=O) groups excluding carboxylic acids is 1. The minimum Gasteiger partial charge on any atom is -0.353 e. The summed E-state index contributed by atoms with van der Waals surface area (Å²) in [7, 11) is -0.650. The molecule has 2 N–H and O–H groups in total. The summed E-state index contributed by atoms with van der Waals surface area (Å²) in [5.41, 5.74) is 0. The van der Waals surface area contributed by atoms with Gasteiger partial charge in [-0.1, -0.05) is 6.92 Å². The number of carbonyl (C=O) groups is 1. The fraction of sp³-hybridized carbons (Fsp3) is 0.929. The fourth-order valence-electron chi connectivity index (χ4n) is 3.05. The van der Waals surface area contributed by atoms with Gasteiger partial charge in [-0.3, -0.25) is 9.00 Å². The molecule has 2 unspecified atom stereocenters. The summed E-state index contributed by atoms with van der Waals surface area (Å²) in [5, 5.41) is 6.53. The molecule has 0 aromatic carbocycles. The van der Waals surface area contributed by atoms with Crippen molar-refractivity contribution in [3.63, 3.8) is 0 Å². The molecule has 0 aliphatic carbocycles. The van der Waals surface area contributed by atoms with Crippen LogP contribution in [0.3, 0.4) is 0 Å². The van der Waals surface area contributed by atoms with Gasteiger partial charge in [0.15, 0.2) is 0 Å².